The number of carbonyl (C=O) groups excluding carboxylic acids is 1. The van der Waals surface area contributed by atoms with Crippen LogP contribution in [0.25, 0.3) is 0 Å². The molecule has 0 saturated carbocycles. The van der Waals surface area contributed by atoms with Crippen molar-refractivity contribution >= 4 is 33.3 Å². The SMILES string of the molecule is Cc1c(Br)cccc1NC(=O)Nc1ccccc1F. The first kappa shape index (κ1) is 13.5. The molecular formula is C14H12BrFN2O. The fraction of sp³-hybridized carbons (Fsp3) is 0.0714. The number of halogens is 2. The van der Waals surface area contributed by atoms with Crippen LogP contribution in [0.4, 0.5) is 20.6 Å². The number of para-hydroxylation sites is 1. The van der Waals surface area contributed by atoms with Gasteiger partial charge in [-0.3, -0.25) is 0 Å². The highest BCUT2D eigenvalue weighted by molar-refractivity contribution is 9.10. The Morgan fingerprint density at radius 2 is 1.68 bits per heavy atom. The van der Waals surface area contributed by atoms with Gasteiger partial charge in [-0.2, -0.15) is 0 Å². The normalized spacial score (nSPS) is 10.1. The summed E-state index contributed by atoms with van der Waals surface area (Å²) in [5, 5.41) is 5.15. The van der Waals surface area contributed by atoms with Crippen LogP contribution in [0.1, 0.15) is 5.56 Å². The molecule has 19 heavy (non-hydrogen) atoms. The van der Waals surface area contributed by atoms with E-state index < -0.39 is 11.8 Å². The topological polar surface area (TPSA) is 41.1 Å². The number of nitrogens with one attached hydrogen (secondary N) is 2. The molecule has 0 spiro atoms. The number of rotatable bonds is 2. The Hall–Kier alpha value is -1.88. The van der Waals surface area contributed by atoms with Gasteiger partial charge in [0, 0.05) is 10.2 Å². The van der Waals surface area contributed by atoms with Crippen LogP contribution in [-0.4, -0.2) is 6.03 Å². The van der Waals surface area contributed by atoms with E-state index in [1.165, 1.54) is 12.1 Å². The van der Waals surface area contributed by atoms with Crippen LogP contribution in [0, 0.1) is 12.7 Å². The van der Waals surface area contributed by atoms with E-state index in [2.05, 4.69) is 26.6 Å². The largest absolute Gasteiger partial charge is 0.323 e. The summed E-state index contributed by atoms with van der Waals surface area (Å²) in [6.45, 7) is 1.88. The molecule has 0 saturated heterocycles. The first-order valence-corrected chi connectivity index (χ1v) is 6.45. The first-order valence-electron chi connectivity index (χ1n) is 5.65. The molecule has 2 aromatic carbocycles. The van der Waals surface area contributed by atoms with Gasteiger partial charge in [-0.05, 0) is 36.8 Å². The molecule has 2 rings (SSSR count). The van der Waals surface area contributed by atoms with Crippen molar-refractivity contribution in [2.45, 2.75) is 6.92 Å². The van der Waals surface area contributed by atoms with Gasteiger partial charge in [0.1, 0.15) is 5.82 Å². The molecule has 0 aliphatic carbocycles. The molecule has 0 bridgehead atoms. The summed E-state index contributed by atoms with van der Waals surface area (Å²) in [5.74, 6) is -0.469. The number of urea groups is 1. The highest BCUT2D eigenvalue weighted by Gasteiger charge is 2.08. The summed E-state index contributed by atoms with van der Waals surface area (Å²) >= 11 is 3.38. The first-order chi connectivity index (χ1) is 9.08. The van der Waals surface area contributed by atoms with E-state index in [1.807, 2.05) is 19.1 Å². The van der Waals surface area contributed by atoms with Crippen molar-refractivity contribution in [1.82, 2.24) is 0 Å². The zero-order chi connectivity index (χ0) is 13.8. The maximum absolute atomic E-state index is 13.4. The fourth-order valence-electron chi connectivity index (χ4n) is 1.58. The minimum Gasteiger partial charge on any atom is -0.307 e. The van der Waals surface area contributed by atoms with E-state index in [0.29, 0.717) is 5.69 Å². The minimum absolute atomic E-state index is 0.146. The van der Waals surface area contributed by atoms with Gasteiger partial charge in [-0.1, -0.05) is 34.1 Å². The van der Waals surface area contributed by atoms with E-state index >= 15 is 0 Å². The lowest BCUT2D eigenvalue weighted by molar-refractivity contribution is 0.262. The van der Waals surface area contributed by atoms with Crippen molar-refractivity contribution in [3.63, 3.8) is 0 Å². The Labute approximate surface area is 119 Å². The number of benzene rings is 2. The summed E-state index contributed by atoms with van der Waals surface area (Å²) in [6.07, 6.45) is 0. The van der Waals surface area contributed by atoms with Crippen LogP contribution in [-0.2, 0) is 0 Å². The van der Waals surface area contributed by atoms with Crippen molar-refractivity contribution < 1.29 is 9.18 Å². The molecule has 2 amide bonds. The molecule has 0 aliphatic rings. The summed E-state index contributed by atoms with van der Waals surface area (Å²) < 4.78 is 14.3. The molecule has 2 N–H and O–H groups in total. The molecule has 0 radical (unpaired) electrons. The predicted octanol–water partition coefficient (Wildman–Crippen LogP) is 4.54. The van der Waals surface area contributed by atoms with Gasteiger partial charge in [-0.25, -0.2) is 9.18 Å². The Morgan fingerprint density at radius 3 is 2.42 bits per heavy atom. The molecule has 0 fully saturated rings. The van der Waals surface area contributed by atoms with E-state index in [9.17, 15) is 9.18 Å². The summed E-state index contributed by atoms with van der Waals surface area (Å²) in [5.41, 5.74) is 1.72. The lowest BCUT2D eigenvalue weighted by atomic mass is 10.2. The fourth-order valence-corrected chi connectivity index (χ4v) is 1.95. The molecule has 0 aromatic heterocycles. The molecule has 0 unspecified atom stereocenters. The molecule has 0 atom stereocenters. The zero-order valence-electron chi connectivity index (χ0n) is 10.2. The number of hydrogen-bond acceptors (Lipinski definition) is 1. The molecular weight excluding hydrogens is 311 g/mol. The maximum Gasteiger partial charge on any atom is 0.323 e. The highest BCUT2D eigenvalue weighted by Crippen LogP contribution is 2.23. The van der Waals surface area contributed by atoms with E-state index in [1.54, 1.807) is 18.2 Å². The van der Waals surface area contributed by atoms with Gasteiger partial charge < -0.3 is 10.6 Å². The Morgan fingerprint density at radius 1 is 1.05 bits per heavy atom. The van der Waals surface area contributed by atoms with Crippen LogP contribution in [0.5, 0.6) is 0 Å². The zero-order valence-corrected chi connectivity index (χ0v) is 11.8. The lowest BCUT2D eigenvalue weighted by Crippen LogP contribution is -2.20. The van der Waals surface area contributed by atoms with Gasteiger partial charge in [0.2, 0.25) is 0 Å². The number of carbonyl (C=O) groups is 1. The van der Waals surface area contributed by atoms with Crippen molar-refractivity contribution in [2.75, 3.05) is 10.6 Å². The highest BCUT2D eigenvalue weighted by atomic mass is 79.9. The summed E-state index contributed by atoms with van der Waals surface area (Å²) in [4.78, 5) is 11.8. The summed E-state index contributed by atoms with van der Waals surface area (Å²) in [6, 6.07) is 11.0. The second kappa shape index (κ2) is 5.84. The molecule has 3 nitrogen and oxygen atoms in total. The number of anilines is 2. The average Bonchev–Trinajstić information content (AvgIpc) is 2.38. The van der Waals surface area contributed by atoms with Crippen LogP contribution < -0.4 is 10.6 Å². The van der Waals surface area contributed by atoms with E-state index in [0.717, 1.165) is 10.0 Å². The second-order valence-electron chi connectivity index (χ2n) is 3.97. The maximum atomic E-state index is 13.4. The van der Waals surface area contributed by atoms with Gasteiger partial charge >= 0.3 is 6.03 Å². The lowest BCUT2D eigenvalue weighted by Gasteiger charge is -2.11. The van der Waals surface area contributed by atoms with E-state index in [4.69, 9.17) is 0 Å². The summed E-state index contributed by atoms with van der Waals surface area (Å²) in [7, 11) is 0. The third-order valence-electron chi connectivity index (χ3n) is 2.64. The van der Waals surface area contributed by atoms with Crippen molar-refractivity contribution in [2.24, 2.45) is 0 Å². The number of amides is 2. The monoisotopic (exact) mass is 322 g/mol. The van der Waals surface area contributed by atoms with Crippen molar-refractivity contribution in [3.05, 3.63) is 58.3 Å². The molecule has 5 heteroatoms. The van der Waals surface area contributed by atoms with Gasteiger partial charge in [0.25, 0.3) is 0 Å². The third kappa shape index (κ3) is 3.32. The molecule has 0 aliphatic heterocycles. The smallest absolute Gasteiger partial charge is 0.307 e. The average molecular weight is 323 g/mol. The quantitative estimate of drug-likeness (QED) is 0.837. The molecule has 0 heterocycles. The van der Waals surface area contributed by atoms with Crippen LogP contribution in [0.15, 0.2) is 46.9 Å². The van der Waals surface area contributed by atoms with Crippen LogP contribution in [0.2, 0.25) is 0 Å². The van der Waals surface area contributed by atoms with Crippen LogP contribution in [0.3, 0.4) is 0 Å². The predicted molar refractivity (Wildman–Crippen MR) is 77.9 cm³/mol. The van der Waals surface area contributed by atoms with E-state index in [-0.39, 0.29) is 5.69 Å². The second-order valence-corrected chi connectivity index (χ2v) is 4.83. The van der Waals surface area contributed by atoms with Gasteiger partial charge in [-0.15, -0.1) is 0 Å². The van der Waals surface area contributed by atoms with Gasteiger partial charge in [0.15, 0.2) is 0 Å². The Balaban J connectivity index is 2.10. The Bertz CT molecular complexity index is 616. The Kier molecular flexibility index (Phi) is 4.16. The molecule has 2 aromatic rings. The molecule has 98 valence electrons. The van der Waals surface area contributed by atoms with Crippen molar-refractivity contribution in [3.8, 4) is 0 Å². The van der Waals surface area contributed by atoms with Crippen molar-refractivity contribution in [1.29, 1.82) is 0 Å². The third-order valence-corrected chi connectivity index (χ3v) is 3.50. The van der Waals surface area contributed by atoms with Gasteiger partial charge in [0.05, 0.1) is 5.69 Å². The minimum atomic E-state index is -0.480. The van der Waals surface area contributed by atoms with Crippen LogP contribution >= 0.6 is 15.9 Å². The standard InChI is InChI=1S/C14H12BrFN2O/c1-9-10(15)5-4-8-12(9)17-14(19)18-13-7-3-2-6-11(13)16/h2-8H,1H3,(H2,17,18,19). The number of hydrogen-bond donors (Lipinski definition) is 2.